The van der Waals surface area contributed by atoms with Gasteiger partial charge in [-0.25, -0.2) is 0 Å². The molecule has 0 aliphatic carbocycles. The second kappa shape index (κ2) is 9.31. The number of hydrogen-bond donors (Lipinski definition) is 1. The fourth-order valence-corrected chi connectivity index (χ4v) is 4.60. The maximum Gasteiger partial charge on any atom is 0.253 e. The molecule has 0 radical (unpaired) electrons. The monoisotopic (exact) mass is 470 g/mol. The average Bonchev–Trinajstić information content (AvgIpc) is 2.81. The molecule has 2 aromatic rings. The number of anilines is 3. The molecule has 8 nitrogen and oxygen atoms in total. The van der Waals surface area contributed by atoms with Gasteiger partial charge in [-0.2, -0.15) is 0 Å². The molecule has 1 N–H and O–H groups in total. The number of nitrogens with one attached hydrogen (secondary N) is 1. The molecule has 2 heterocycles. The zero-order valence-corrected chi connectivity index (χ0v) is 19.7. The van der Waals surface area contributed by atoms with Crippen LogP contribution in [0.2, 0.25) is 5.02 Å². The fourth-order valence-electron chi connectivity index (χ4n) is 4.42. The highest BCUT2D eigenvalue weighted by Gasteiger charge is 2.40. The highest BCUT2D eigenvalue weighted by Crippen LogP contribution is 2.40. The van der Waals surface area contributed by atoms with Crippen molar-refractivity contribution in [3.8, 4) is 5.75 Å². The summed E-state index contributed by atoms with van der Waals surface area (Å²) in [5, 5.41) is 3.25. The molecule has 0 bridgehead atoms. The van der Waals surface area contributed by atoms with Crippen LogP contribution in [0.1, 0.15) is 29.6 Å². The van der Waals surface area contributed by atoms with Gasteiger partial charge in [0, 0.05) is 31.2 Å². The van der Waals surface area contributed by atoms with Gasteiger partial charge in [0.1, 0.15) is 18.3 Å². The van der Waals surface area contributed by atoms with Crippen LogP contribution in [0.25, 0.3) is 0 Å². The fraction of sp³-hybridized carbons (Fsp3) is 0.375. The predicted octanol–water partition coefficient (Wildman–Crippen LogP) is 3.39. The van der Waals surface area contributed by atoms with E-state index in [1.54, 1.807) is 44.4 Å². The maximum absolute atomic E-state index is 13.5. The topological polar surface area (TPSA) is 82.2 Å². The van der Waals surface area contributed by atoms with Crippen LogP contribution in [0.5, 0.6) is 5.75 Å². The number of hydrogen-bond acceptors (Lipinski definition) is 5. The molecule has 3 amide bonds. The molecule has 174 valence electrons. The molecule has 4 rings (SSSR count). The van der Waals surface area contributed by atoms with Gasteiger partial charge in [0.2, 0.25) is 11.8 Å². The Kier molecular flexibility index (Phi) is 6.47. The zero-order valence-electron chi connectivity index (χ0n) is 18.9. The molecule has 0 aromatic heterocycles. The summed E-state index contributed by atoms with van der Waals surface area (Å²) in [4.78, 5) is 44.1. The van der Waals surface area contributed by atoms with Gasteiger partial charge in [-0.1, -0.05) is 11.6 Å². The van der Waals surface area contributed by atoms with Gasteiger partial charge in [-0.3, -0.25) is 19.3 Å². The van der Waals surface area contributed by atoms with Crippen molar-refractivity contribution in [3.05, 3.63) is 47.0 Å². The van der Waals surface area contributed by atoms with E-state index in [-0.39, 0.29) is 30.3 Å². The number of fused-ring (bicyclic) bond motifs is 3. The average molecular weight is 471 g/mol. The Bertz CT molecular complexity index is 1100. The summed E-state index contributed by atoms with van der Waals surface area (Å²) in [6.07, 6.45) is 2.69. The first-order valence-corrected chi connectivity index (χ1v) is 11.2. The van der Waals surface area contributed by atoms with Crippen LogP contribution in [0.15, 0.2) is 36.4 Å². The van der Waals surface area contributed by atoms with Crippen LogP contribution in [0.3, 0.4) is 0 Å². The van der Waals surface area contributed by atoms with Gasteiger partial charge in [-0.05, 0) is 55.7 Å². The van der Waals surface area contributed by atoms with Gasteiger partial charge < -0.3 is 19.9 Å². The Morgan fingerprint density at radius 3 is 2.67 bits per heavy atom. The Labute approximate surface area is 198 Å². The van der Waals surface area contributed by atoms with E-state index in [9.17, 15) is 14.4 Å². The van der Waals surface area contributed by atoms with Crippen molar-refractivity contribution in [2.75, 3.05) is 49.4 Å². The third kappa shape index (κ3) is 4.48. The van der Waals surface area contributed by atoms with Crippen molar-refractivity contribution in [3.63, 3.8) is 0 Å². The third-order valence-electron chi connectivity index (χ3n) is 6.02. The Morgan fingerprint density at radius 1 is 1.15 bits per heavy atom. The zero-order chi connectivity index (χ0) is 23.7. The van der Waals surface area contributed by atoms with Gasteiger partial charge in [0.15, 0.2) is 0 Å². The van der Waals surface area contributed by atoms with Gasteiger partial charge in [-0.15, -0.1) is 0 Å². The summed E-state index contributed by atoms with van der Waals surface area (Å²) in [6.45, 7) is 0.579. The number of benzene rings is 2. The van der Waals surface area contributed by atoms with E-state index in [4.69, 9.17) is 16.3 Å². The number of methoxy groups -OCH3 is 1. The molecule has 9 heteroatoms. The first-order valence-electron chi connectivity index (χ1n) is 10.9. The molecule has 1 saturated heterocycles. The molecule has 1 atom stereocenters. The first kappa shape index (κ1) is 22.9. The molecule has 0 spiro atoms. The molecule has 2 aliphatic heterocycles. The van der Waals surface area contributed by atoms with E-state index < -0.39 is 0 Å². The van der Waals surface area contributed by atoms with E-state index in [0.717, 1.165) is 31.5 Å². The summed E-state index contributed by atoms with van der Waals surface area (Å²) in [7, 11) is 4.86. The molecule has 1 fully saturated rings. The van der Waals surface area contributed by atoms with E-state index in [1.165, 1.54) is 16.9 Å². The minimum Gasteiger partial charge on any atom is -0.495 e. The van der Waals surface area contributed by atoms with Gasteiger partial charge in [0.25, 0.3) is 5.91 Å². The van der Waals surface area contributed by atoms with Crippen molar-refractivity contribution in [2.24, 2.45) is 0 Å². The second-order valence-corrected chi connectivity index (χ2v) is 8.86. The van der Waals surface area contributed by atoms with Crippen molar-refractivity contribution in [1.82, 2.24) is 4.90 Å². The minimum absolute atomic E-state index is 0.134. The maximum atomic E-state index is 13.5. The number of piperidine rings is 1. The van der Waals surface area contributed by atoms with E-state index in [2.05, 4.69) is 10.2 Å². The Hall–Kier alpha value is -3.26. The van der Waals surface area contributed by atoms with E-state index in [0.29, 0.717) is 27.7 Å². The number of amides is 3. The van der Waals surface area contributed by atoms with Crippen LogP contribution in [-0.4, -0.2) is 63.0 Å². The number of nitrogens with zero attached hydrogens (tertiary/aromatic N) is 3. The summed E-state index contributed by atoms with van der Waals surface area (Å²) >= 11 is 6.08. The largest absolute Gasteiger partial charge is 0.495 e. The normalized spacial score (nSPS) is 17.2. The quantitative estimate of drug-likeness (QED) is 0.724. The number of ether oxygens (including phenoxy) is 1. The van der Waals surface area contributed by atoms with Crippen molar-refractivity contribution >= 4 is 46.4 Å². The highest BCUT2D eigenvalue weighted by molar-refractivity contribution is 6.31. The molecule has 33 heavy (non-hydrogen) atoms. The summed E-state index contributed by atoms with van der Waals surface area (Å²) < 4.78 is 5.30. The number of carbonyl (C=O) groups excluding carboxylic acids is 3. The smallest absolute Gasteiger partial charge is 0.253 e. The second-order valence-electron chi connectivity index (χ2n) is 8.43. The summed E-state index contributed by atoms with van der Waals surface area (Å²) in [6, 6.07) is 9.98. The van der Waals surface area contributed by atoms with E-state index in [1.807, 2.05) is 6.07 Å². The number of halogens is 1. The number of carbonyl (C=O) groups is 3. The lowest BCUT2D eigenvalue weighted by atomic mass is 9.95. The van der Waals surface area contributed by atoms with Gasteiger partial charge >= 0.3 is 0 Å². The first-order chi connectivity index (χ1) is 15.8. The standard InChI is InChI=1S/C24H27ClN4O4/c1-27(2)23(31)15-7-9-18-20(12-15)29(24(32)19-6-4-5-11-28(18)19)14-22(30)26-17-13-16(25)8-10-21(17)33-3/h7-10,12-13,19H,4-6,11,14H2,1-3H3,(H,26,30)/t19-/m1/s1. The van der Waals surface area contributed by atoms with Crippen LogP contribution in [0, 0.1) is 0 Å². The SMILES string of the molecule is COc1ccc(Cl)cc1NC(=O)CN1C(=O)[C@H]2CCCCN2c2ccc(C(=O)N(C)C)cc21. The van der Waals surface area contributed by atoms with E-state index >= 15 is 0 Å². The highest BCUT2D eigenvalue weighted by atomic mass is 35.5. The van der Waals surface area contributed by atoms with Gasteiger partial charge in [0.05, 0.1) is 24.2 Å². The molecule has 0 saturated carbocycles. The third-order valence-corrected chi connectivity index (χ3v) is 6.26. The molecule has 2 aliphatic rings. The summed E-state index contributed by atoms with van der Waals surface area (Å²) in [5.41, 5.74) is 2.32. The molecular formula is C24H27ClN4O4. The Balaban J connectivity index is 1.67. The lowest BCUT2D eigenvalue weighted by Gasteiger charge is -2.45. The van der Waals surface area contributed by atoms with Crippen LogP contribution < -0.4 is 19.9 Å². The van der Waals surface area contributed by atoms with Crippen LogP contribution >= 0.6 is 11.6 Å². The van der Waals surface area contributed by atoms with Crippen LogP contribution in [-0.2, 0) is 9.59 Å². The van der Waals surface area contributed by atoms with Crippen molar-refractivity contribution < 1.29 is 19.1 Å². The minimum atomic E-state index is -0.386. The Morgan fingerprint density at radius 2 is 1.94 bits per heavy atom. The number of rotatable bonds is 5. The lowest BCUT2D eigenvalue weighted by Crippen LogP contribution is -2.56. The molecule has 2 aromatic carbocycles. The molecular weight excluding hydrogens is 444 g/mol. The van der Waals surface area contributed by atoms with Crippen LogP contribution in [0.4, 0.5) is 17.1 Å². The lowest BCUT2D eigenvalue weighted by molar-refractivity contribution is -0.123. The predicted molar refractivity (Wildman–Crippen MR) is 128 cm³/mol. The molecule has 0 unspecified atom stereocenters. The van der Waals surface area contributed by atoms with Crippen molar-refractivity contribution in [2.45, 2.75) is 25.3 Å². The summed E-state index contributed by atoms with van der Waals surface area (Å²) in [5.74, 6) is -0.220. The van der Waals surface area contributed by atoms with Crippen molar-refractivity contribution in [1.29, 1.82) is 0 Å².